The zero-order valence-corrected chi connectivity index (χ0v) is 11.4. The van der Waals surface area contributed by atoms with Crippen LogP contribution in [0.25, 0.3) is 0 Å². The highest BCUT2D eigenvalue weighted by atomic mass is 79.9. The Labute approximate surface area is 106 Å². The van der Waals surface area contributed by atoms with Crippen LogP contribution in [0.4, 0.5) is 5.69 Å². The summed E-state index contributed by atoms with van der Waals surface area (Å²) in [6.07, 6.45) is 1.26. The molecule has 1 aliphatic heterocycles. The normalized spacial score (nSPS) is 18.5. The van der Waals surface area contributed by atoms with E-state index in [1.165, 1.54) is 37.3 Å². The van der Waals surface area contributed by atoms with E-state index in [0.29, 0.717) is 0 Å². The van der Waals surface area contributed by atoms with Crippen molar-refractivity contribution in [2.24, 2.45) is 0 Å². The molecule has 1 fully saturated rings. The first-order valence-corrected chi connectivity index (χ1v) is 7.00. The minimum Gasteiger partial charge on any atom is -0.370 e. The summed E-state index contributed by atoms with van der Waals surface area (Å²) in [5.41, 5.74) is 2.70. The highest BCUT2D eigenvalue weighted by Crippen LogP contribution is 2.18. The van der Waals surface area contributed by atoms with E-state index >= 15 is 0 Å². The van der Waals surface area contributed by atoms with Gasteiger partial charge in [0.15, 0.2) is 0 Å². The standard InChI is InChI=1S/C13H19BrN2/c1-15-7-2-8-16(10-9-15)13-5-3-12(11-14)4-6-13/h3-6H,2,7-11H2,1H3. The van der Waals surface area contributed by atoms with Crippen molar-refractivity contribution in [1.82, 2.24) is 4.90 Å². The van der Waals surface area contributed by atoms with Gasteiger partial charge in [-0.15, -0.1) is 0 Å². The summed E-state index contributed by atoms with van der Waals surface area (Å²) in [5, 5.41) is 0.940. The quantitative estimate of drug-likeness (QED) is 0.770. The lowest BCUT2D eigenvalue weighted by molar-refractivity contribution is 0.360. The van der Waals surface area contributed by atoms with Crippen molar-refractivity contribution in [3.63, 3.8) is 0 Å². The average Bonchev–Trinajstić information content (AvgIpc) is 2.54. The lowest BCUT2D eigenvalue weighted by Crippen LogP contribution is -2.28. The van der Waals surface area contributed by atoms with E-state index in [0.717, 1.165) is 11.9 Å². The fourth-order valence-electron chi connectivity index (χ4n) is 2.10. The molecule has 0 aliphatic carbocycles. The summed E-state index contributed by atoms with van der Waals surface area (Å²) in [7, 11) is 2.21. The van der Waals surface area contributed by atoms with Gasteiger partial charge in [0.25, 0.3) is 0 Å². The van der Waals surface area contributed by atoms with E-state index in [4.69, 9.17) is 0 Å². The Hall–Kier alpha value is -0.540. The maximum absolute atomic E-state index is 3.48. The van der Waals surface area contributed by atoms with Gasteiger partial charge in [0.2, 0.25) is 0 Å². The summed E-state index contributed by atoms with van der Waals surface area (Å²) in [6.45, 7) is 4.71. The monoisotopic (exact) mass is 282 g/mol. The van der Waals surface area contributed by atoms with Gasteiger partial charge in [-0.3, -0.25) is 0 Å². The van der Waals surface area contributed by atoms with E-state index < -0.39 is 0 Å². The van der Waals surface area contributed by atoms with Gasteiger partial charge in [-0.2, -0.15) is 0 Å². The van der Waals surface area contributed by atoms with Gasteiger partial charge in [-0.05, 0) is 37.7 Å². The fourth-order valence-corrected chi connectivity index (χ4v) is 2.47. The third-order valence-electron chi connectivity index (χ3n) is 3.18. The number of halogens is 1. The molecule has 0 radical (unpaired) electrons. The third-order valence-corrected chi connectivity index (χ3v) is 3.82. The van der Waals surface area contributed by atoms with Crippen LogP contribution in [0.3, 0.4) is 0 Å². The Morgan fingerprint density at radius 3 is 2.50 bits per heavy atom. The molecule has 0 atom stereocenters. The second-order valence-corrected chi connectivity index (χ2v) is 5.00. The van der Waals surface area contributed by atoms with Crippen LogP contribution in [-0.4, -0.2) is 38.1 Å². The molecular formula is C13H19BrN2. The minimum atomic E-state index is 0.940. The SMILES string of the molecule is CN1CCCN(c2ccc(CBr)cc2)CC1. The number of hydrogen-bond acceptors (Lipinski definition) is 2. The van der Waals surface area contributed by atoms with Crippen molar-refractivity contribution in [3.05, 3.63) is 29.8 Å². The molecule has 1 aromatic carbocycles. The van der Waals surface area contributed by atoms with E-state index in [-0.39, 0.29) is 0 Å². The number of rotatable bonds is 2. The molecule has 1 aliphatic rings. The van der Waals surface area contributed by atoms with Crippen molar-refractivity contribution in [2.45, 2.75) is 11.8 Å². The lowest BCUT2D eigenvalue weighted by Gasteiger charge is -2.22. The number of benzene rings is 1. The van der Waals surface area contributed by atoms with Gasteiger partial charge in [-0.1, -0.05) is 28.1 Å². The maximum Gasteiger partial charge on any atom is 0.0366 e. The number of nitrogens with zero attached hydrogens (tertiary/aromatic N) is 2. The van der Waals surface area contributed by atoms with Crippen LogP contribution in [0, 0.1) is 0 Å². The van der Waals surface area contributed by atoms with Gasteiger partial charge in [0, 0.05) is 30.7 Å². The summed E-state index contributed by atoms with van der Waals surface area (Å²) in [4.78, 5) is 4.90. The van der Waals surface area contributed by atoms with Gasteiger partial charge < -0.3 is 9.80 Å². The number of hydrogen-bond donors (Lipinski definition) is 0. The minimum absolute atomic E-state index is 0.940. The van der Waals surface area contributed by atoms with Gasteiger partial charge in [-0.25, -0.2) is 0 Å². The van der Waals surface area contributed by atoms with Crippen molar-refractivity contribution in [3.8, 4) is 0 Å². The van der Waals surface area contributed by atoms with E-state index in [1.807, 2.05) is 0 Å². The fraction of sp³-hybridized carbons (Fsp3) is 0.538. The average molecular weight is 283 g/mol. The number of anilines is 1. The lowest BCUT2D eigenvalue weighted by atomic mass is 10.2. The van der Waals surface area contributed by atoms with Crippen molar-refractivity contribution in [2.75, 3.05) is 38.1 Å². The molecule has 0 N–H and O–H groups in total. The molecule has 1 saturated heterocycles. The highest BCUT2D eigenvalue weighted by molar-refractivity contribution is 9.08. The molecule has 16 heavy (non-hydrogen) atoms. The predicted molar refractivity (Wildman–Crippen MR) is 73.4 cm³/mol. The Morgan fingerprint density at radius 2 is 1.81 bits per heavy atom. The van der Waals surface area contributed by atoms with Crippen LogP contribution in [-0.2, 0) is 5.33 Å². The largest absolute Gasteiger partial charge is 0.370 e. The third kappa shape index (κ3) is 2.98. The smallest absolute Gasteiger partial charge is 0.0366 e. The molecule has 0 amide bonds. The van der Waals surface area contributed by atoms with Gasteiger partial charge >= 0.3 is 0 Å². The molecule has 0 saturated carbocycles. The molecule has 1 heterocycles. The summed E-state index contributed by atoms with van der Waals surface area (Å²) >= 11 is 3.48. The summed E-state index contributed by atoms with van der Waals surface area (Å²) < 4.78 is 0. The molecule has 3 heteroatoms. The molecular weight excluding hydrogens is 264 g/mol. The second kappa shape index (κ2) is 5.69. The highest BCUT2D eigenvalue weighted by Gasteiger charge is 2.12. The first kappa shape index (κ1) is 11.9. The van der Waals surface area contributed by atoms with Crippen LogP contribution in [0.2, 0.25) is 0 Å². The Morgan fingerprint density at radius 1 is 1.06 bits per heavy atom. The van der Waals surface area contributed by atoms with Crippen molar-refractivity contribution >= 4 is 21.6 Å². The number of alkyl halides is 1. The topological polar surface area (TPSA) is 6.48 Å². The van der Waals surface area contributed by atoms with Crippen molar-refractivity contribution < 1.29 is 0 Å². The number of likely N-dealkylation sites (N-methyl/N-ethyl adjacent to an activating group) is 1. The Kier molecular flexibility index (Phi) is 4.24. The van der Waals surface area contributed by atoms with Gasteiger partial charge in [0.05, 0.1) is 0 Å². The molecule has 88 valence electrons. The molecule has 0 unspecified atom stereocenters. The van der Waals surface area contributed by atoms with E-state index in [2.05, 4.69) is 57.0 Å². The predicted octanol–water partition coefficient (Wildman–Crippen LogP) is 2.72. The van der Waals surface area contributed by atoms with Crippen LogP contribution in [0.5, 0.6) is 0 Å². The zero-order chi connectivity index (χ0) is 11.4. The molecule has 0 aromatic heterocycles. The molecule has 0 spiro atoms. The van der Waals surface area contributed by atoms with Crippen LogP contribution in [0.15, 0.2) is 24.3 Å². The summed E-state index contributed by atoms with van der Waals surface area (Å²) in [5.74, 6) is 0. The summed E-state index contributed by atoms with van der Waals surface area (Å²) in [6, 6.07) is 8.89. The molecule has 0 bridgehead atoms. The molecule has 2 rings (SSSR count). The molecule has 1 aromatic rings. The second-order valence-electron chi connectivity index (χ2n) is 4.44. The van der Waals surface area contributed by atoms with E-state index in [1.54, 1.807) is 0 Å². The first-order valence-electron chi connectivity index (χ1n) is 5.88. The van der Waals surface area contributed by atoms with E-state index in [9.17, 15) is 0 Å². The van der Waals surface area contributed by atoms with Crippen molar-refractivity contribution in [1.29, 1.82) is 0 Å². The zero-order valence-electron chi connectivity index (χ0n) is 9.82. The maximum atomic E-state index is 3.48. The van der Waals surface area contributed by atoms with Crippen LogP contribution < -0.4 is 4.90 Å². The first-order chi connectivity index (χ1) is 7.79. The Balaban J connectivity index is 2.04. The Bertz CT molecular complexity index is 323. The van der Waals surface area contributed by atoms with Gasteiger partial charge in [0.1, 0.15) is 0 Å². The molecule has 2 nitrogen and oxygen atoms in total. The van der Waals surface area contributed by atoms with Crippen LogP contribution >= 0.6 is 15.9 Å². The van der Waals surface area contributed by atoms with Crippen LogP contribution in [0.1, 0.15) is 12.0 Å².